The van der Waals surface area contributed by atoms with Crippen LogP contribution in [0.15, 0.2) is 53.4 Å². The van der Waals surface area contributed by atoms with E-state index in [0.29, 0.717) is 24.7 Å². The van der Waals surface area contributed by atoms with Gasteiger partial charge in [-0.1, -0.05) is 13.0 Å². The standard InChI is InChI=1S/C22H26FN3O4S/c1-16-5-4-12-26(14-16)31(29,30)20-10-8-17(9-11-20)22(28)25(2)15-21(27)24-19-7-3-6-18(23)13-19/h3,6-11,13,16H,4-5,12,14-15H2,1-2H3,(H,24,27)/t16-/m0/s1. The van der Waals surface area contributed by atoms with Crippen LogP contribution in [0, 0.1) is 11.7 Å². The molecule has 0 aliphatic carbocycles. The number of likely N-dealkylation sites (N-methyl/N-ethyl adjacent to an activating group) is 1. The summed E-state index contributed by atoms with van der Waals surface area (Å²) in [7, 11) is -2.14. The van der Waals surface area contributed by atoms with Crippen LogP contribution in [0.4, 0.5) is 10.1 Å². The highest BCUT2D eigenvalue weighted by atomic mass is 32.2. The minimum absolute atomic E-state index is 0.143. The molecule has 1 fully saturated rings. The third kappa shape index (κ3) is 5.68. The van der Waals surface area contributed by atoms with Gasteiger partial charge in [0.2, 0.25) is 15.9 Å². The lowest BCUT2D eigenvalue weighted by Crippen LogP contribution is -2.39. The van der Waals surface area contributed by atoms with Gasteiger partial charge >= 0.3 is 0 Å². The van der Waals surface area contributed by atoms with Crippen molar-refractivity contribution in [2.75, 3.05) is 32.0 Å². The monoisotopic (exact) mass is 447 g/mol. The fourth-order valence-electron chi connectivity index (χ4n) is 3.56. The topological polar surface area (TPSA) is 86.8 Å². The Kier molecular flexibility index (Phi) is 7.07. The fraction of sp³-hybridized carbons (Fsp3) is 0.364. The number of hydrogen-bond donors (Lipinski definition) is 1. The largest absolute Gasteiger partial charge is 0.332 e. The molecule has 7 nitrogen and oxygen atoms in total. The predicted molar refractivity (Wildman–Crippen MR) is 116 cm³/mol. The molecule has 0 spiro atoms. The van der Waals surface area contributed by atoms with E-state index in [1.807, 2.05) is 6.92 Å². The number of amides is 2. The molecule has 0 saturated carbocycles. The number of anilines is 1. The molecular weight excluding hydrogens is 421 g/mol. The van der Waals surface area contributed by atoms with Crippen molar-refractivity contribution >= 4 is 27.5 Å². The van der Waals surface area contributed by atoms with Crippen LogP contribution < -0.4 is 5.32 Å². The Hall–Kier alpha value is -2.78. The van der Waals surface area contributed by atoms with E-state index in [0.717, 1.165) is 12.8 Å². The number of carbonyl (C=O) groups is 2. The van der Waals surface area contributed by atoms with Crippen LogP contribution in [0.5, 0.6) is 0 Å². The van der Waals surface area contributed by atoms with Gasteiger partial charge in [0.05, 0.1) is 11.4 Å². The lowest BCUT2D eigenvalue weighted by atomic mass is 10.0. The van der Waals surface area contributed by atoms with Gasteiger partial charge in [-0.3, -0.25) is 9.59 Å². The summed E-state index contributed by atoms with van der Waals surface area (Å²) in [6.07, 6.45) is 1.85. The van der Waals surface area contributed by atoms with Crippen molar-refractivity contribution in [2.45, 2.75) is 24.7 Å². The SMILES string of the molecule is C[C@H]1CCCN(S(=O)(=O)c2ccc(C(=O)N(C)CC(=O)Nc3cccc(F)c3)cc2)C1. The summed E-state index contributed by atoms with van der Waals surface area (Å²) in [6, 6.07) is 11.2. The molecule has 2 amide bonds. The van der Waals surface area contributed by atoms with Gasteiger partial charge in [0.15, 0.2) is 0 Å². The van der Waals surface area contributed by atoms with E-state index in [4.69, 9.17) is 0 Å². The molecule has 0 bridgehead atoms. The molecule has 1 N–H and O–H groups in total. The van der Waals surface area contributed by atoms with Gasteiger partial charge in [-0.2, -0.15) is 4.31 Å². The summed E-state index contributed by atoms with van der Waals surface area (Å²) < 4.78 is 40.4. The quantitative estimate of drug-likeness (QED) is 0.738. The van der Waals surface area contributed by atoms with E-state index in [-0.39, 0.29) is 17.0 Å². The second-order valence-electron chi connectivity index (χ2n) is 7.85. The second-order valence-corrected chi connectivity index (χ2v) is 9.79. The molecule has 1 aliphatic rings. The summed E-state index contributed by atoms with van der Waals surface area (Å²) >= 11 is 0. The first-order valence-corrected chi connectivity index (χ1v) is 11.5. The third-order valence-corrected chi connectivity index (χ3v) is 7.07. The molecule has 3 rings (SSSR count). The Balaban J connectivity index is 1.63. The number of piperidine rings is 1. The van der Waals surface area contributed by atoms with Crippen molar-refractivity contribution in [2.24, 2.45) is 5.92 Å². The van der Waals surface area contributed by atoms with Crippen LogP contribution in [0.25, 0.3) is 0 Å². The van der Waals surface area contributed by atoms with Crippen molar-refractivity contribution in [1.29, 1.82) is 0 Å². The summed E-state index contributed by atoms with van der Waals surface area (Å²) in [4.78, 5) is 26.1. The molecule has 0 radical (unpaired) electrons. The van der Waals surface area contributed by atoms with Crippen molar-refractivity contribution in [3.05, 3.63) is 59.9 Å². The van der Waals surface area contributed by atoms with Crippen LogP contribution in [-0.2, 0) is 14.8 Å². The molecular formula is C22H26FN3O4S. The zero-order valence-electron chi connectivity index (χ0n) is 17.5. The van der Waals surface area contributed by atoms with Crippen LogP contribution in [0.1, 0.15) is 30.1 Å². The van der Waals surface area contributed by atoms with Gasteiger partial charge < -0.3 is 10.2 Å². The summed E-state index contributed by atoms with van der Waals surface area (Å²) in [5.74, 6) is -1.06. The molecule has 1 atom stereocenters. The summed E-state index contributed by atoms with van der Waals surface area (Å²) in [5, 5.41) is 2.53. The minimum Gasteiger partial charge on any atom is -0.332 e. The minimum atomic E-state index is -3.60. The maximum Gasteiger partial charge on any atom is 0.254 e. The molecule has 2 aromatic carbocycles. The van der Waals surface area contributed by atoms with Gasteiger partial charge in [0, 0.05) is 31.4 Å². The number of nitrogens with one attached hydrogen (secondary N) is 1. The number of sulfonamides is 1. The van der Waals surface area contributed by atoms with E-state index < -0.39 is 27.7 Å². The number of nitrogens with zero attached hydrogens (tertiary/aromatic N) is 2. The second kappa shape index (κ2) is 9.57. The molecule has 1 aliphatic heterocycles. The van der Waals surface area contributed by atoms with E-state index >= 15 is 0 Å². The Bertz CT molecular complexity index is 1060. The van der Waals surface area contributed by atoms with Crippen LogP contribution in [-0.4, -0.2) is 56.1 Å². The molecule has 1 heterocycles. The Morgan fingerprint density at radius 1 is 1.19 bits per heavy atom. The Labute approximate surface area is 181 Å². The number of benzene rings is 2. The maximum atomic E-state index is 13.2. The smallest absolute Gasteiger partial charge is 0.254 e. The molecule has 0 aromatic heterocycles. The number of hydrogen-bond acceptors (Lipinski definition) is 4. The molecule has 166 valence electrons. The van der Waals surface area contributed by atoms with Crippen LogP contribution in [0.3, 0.4) is 0 Å². The summed E-state index contributed by atoms with van der Waals surface area (Å²) in [5.41, 5.74) is 0.569. The van der Waals surface area contributed by atoms with E-state index in [2.05, 4.69) is 5.32 Å². The first kappa shape index (κ1) is 22.9. The van der Waals surface area contributed by atoms with E-state index in [1.165, 1.54) is 58.7 Å². The average molecular weight is 448 g/mol. The number of rotatable bonds is 6. The molecule has 1 saturated heterocycles. The van der Waals surface area contributed by atoms with Gasteiger partial charge in [-0.05, 0) is 61.2 Å². The highest BCUT2D eigenvalue weighted by molar-refractivity contribution is 7.89. The molecule has 9 heteroatoms. The molecule has 0 unspecified atom stereocenters. The number of carbonyl (C=O) groups excluding carboxylic acids is 2. The van der Waals surface area contributed by atoms with E-state index in [1.54, 1.807) is 6.07 Å². The first-order valence-electron chi connectivity index (χ1n) is 10.1. The highest BCUT2D eigenvalue weighted by Gasteiger charge is 2.28. The van der Waals surface area contributed by atoms with Gasteiger partial charge in [-0.25, -0.2) is 12.8 Å². The van der Waals surface area contributed by atoms with Gasteiger partial charge in [0.1, 0.15) is 5.82 Å². The average Bonchev–Trinajstić information content (AvgIpc) is 2.73. The van der Waals surface area contributed by atoms with Crippen molar-refractivity contribution in [1.82, 2.24) is 9.21 Å². The third-order valence-electron chi connectivity index (χ3n) is 5.19. The number of halogens is 1. The highest BCUT2D eigenvalue weighted by Crippen LogP contribution is 2.23. The van der Waals surface area contributed by atoms with Crippen molar-refractivity contribution in [3.63, 3.8) is 0 Å². The molecule has 2 aromatic rings. The Morgan fingerprint density at radius 3 is 2.55 bits per heavy atom. The maximum absolute atomic E-state index is 13.2. The Morgan fingerprint density at radius 2 is 1.90 bits per heavy atom. The first-order chi connectivity index (χ1) is 14.7. The van der Waals surface area contributed by atoms with Crippen LogP contribution >= 0.6 is 0 Å². The zero-order chi connectivity index (χ0) is 22.6. The molecule has 31 heavy (non-hydrogen) atoms. The predicted octanol–water partition coefficient (Wildman–Crippen LogP) is 2.96. The van der Waals surface area contributed by atoms with E-state index in [9.17, 15) is 22.4 Å². The zero-order valence-corrected chi connectivity index (χ0v) is 18.4. The lowest BCUT2D eigenvalue weighted by Gasteiger charge is -2.30. The van der Waals surface area contributed by atoms with Gasteiger partial charge in [0.25, 0.3) is 5.91 Å². The van der Waals surface area contributed by atoms with Crippen LogP contribution in [0.2, 0.25) is 0 Å². The lowest BCUT2D eigenvalue weighted by molar-refractivity contribution is -0.116. The fourth-order valence-corrected chi connectivity index (χ4v) is 5.16. The normalized spacial score (nSPS) is 17.2. The summed E-state index contributed by atoms with van der Waals surface area (Å²) in [6.45, 7) is 2.79. The van der Waals surface area contributed by atoms with Gasteiger partial charge in [-0.15, -0.1) is 0 Å². The van der Waals surface area contributed by atoms with Crippen molar-refractivity contribution < 1.29 is 22.4 Å². The van der Waals surface area contributed by atoms with Crippen molar-refractivity contribution in [3.8, 4) is 0 Å².